The summed E-state index contributed by atoms with van der Waals surface area (Å²) in [5.41, 5.74) is 1.33. The van der Waals surface area contributed by atoms with Crippen LogP contribution in [0, 0.1) is 13.8 Å². The first kappa shape index (κ1) is 15.5. The summed E-state index contributed by atoms with van der Waals surface area (Å²) in [5, 5.41) is 2.87. The highest BCUT2D eigenvalue weighted by molar-refractivity contribution is 5.95. The van der Waals surface area contributed by atoms with Gasteiger partial charge in [0.05, 0.1) is 31.0 Å². The Morgan fingerprint density at radius 3 is 2.83 bits per heavy atom. The molecule has 7 heteroatoms. The average molecular weight is 316 g/mol. The molecule has 1 aliphatic rings. The van der Waals surface area contributed by atoms with Crippen LogP contribution in [0.5, 0.6) is 0 Å². The van der Waals surface area contributed by atoms with E-state index >= 15 is 0 Å². The molecule has 1 aliphatic heterocycles. The molecule has 0 bridgehead atoms. The minimum absolute atomic E-state index is 0.161. The van der Waals surface area contributed by atoms with E-state index in [1.807, 2.05) is 6.92 Å². The van der Waals surface area contributed by atoms with Crippen LogP contribution >= 0.6 is 0 Å². The Morgan fingerprint density at radius 2 is 2.13 bits per heavy atom. The summed E-state index contributed by atoms with van der Waals surface area (Å²) in [4.78, 5) is 23.1. The molecule has 0 aliphatic carbocycles. The second-order valence-corrected chi connectivity index (χ2v) is 5.46. The number of amides is 1. The van der Waals surface area contributed by atoms with E-state index in [1.54, 1.807) is 25.3 Å². The molecular formula is C16H20N4O3. The van der Waals surface area contributed by atoms with Gasteiger partial charge in [-0.05, 0) is 26.0 Å². The first-order valence-electron chi connectivity index (χ1n) is 7.63. The number of furan rings is 1. The second kappa shape index (κ2) is 6.78. The number of aryl methyl sites for hydroxylation is 2. The molecule has 1 fully saturated rings. The Kier molecular flexibility index (Phi) is 4.57. The molecule has 2 aromatic rings. The summed E-state index contributed by atoms with van der Waals surface area (Å²) in [6.45, 7) is 6.88. The van der Waals surface area contributed by atoms with Crippen LogP contribution in [0.4, 0.5) is 5.95 Å². The van der Waals surface area contributed by atoms with Gasteiger partial charge in [0.25, 0.3) is 5.91 Å². The number of rotatable bonds is 4. The lowest BCUT2D eigenvalue weighted by Crippen LogP contribution is -2.37. The van der Waals surface area contributed by atoms with Gasteiger partial charge in [-0.2, -0.15) is 0 Å². The molecule has 2 aromatic heterocycles. The highest BCUT2D eigenvalue weighted by Crippen LogP contribution is 2.14. The number of hydrogen-bond acceptors (Lipinski definition) is 6. The Balaban J connectivity index is 1.64. The van der Waals surface area contributed by atoms with Gasteiger partial charge in [0, 0.05) is 19.3 Å². The van der Waals surface area contributed by atoms with E-state index < -0.39 is 0 Å². The molecule has 0 unspecified atom stereocenters. The maximum atomic E-state index is 12.2. The smallest absolute Gasteiger partial charge is 0.255 e. The molecule has 0 aromatic carbocycles. The number of aromatic nitrogens is 2. The molecule has 0 atom stereocenters. The zero-order chi connectivity index (χ0) is 16.2. The number of carbonyl (C=O) groups is 1. The zero-order valence-corrected chi connectivity index (χ0v) is 13.3. The average Bonchev–Trinajstić information content (AvgIpc) is 2.92. The highest BCUT2D eigenvalue weighted by Gasteiger charge is 2.15. The van der Waals surface area contributed by atoms with Crippen LogP contribution in [-0.4, -0.2) is 42.2 Å². The lowest BCUT2D eigenvalue weighted by Gasteiger charge is -2.26. The second-order valence-electron chi connectivity index (χ2n) is 5.46. The van der Waals surface area contributed by atoms with E-state index in [0.717, 1.165) is 24.5 Å². The summed E-state index contributed by atoms with van der Waals surface area (Å²) in [6.07, 6.45) is 1.71. The van der Waals surface area contributed by atoms with Gasteiger partial charge in [-0.25, -0.2) is 9.97 Å². The Morgan fingerprint density at radius 1 is 1.35 bits per heavy atom. The molecule has 0 radical (unpaired) electrons. The largest absolute Gasteiger partial charge is 0.466 e. The van der Waals surface area contributed by atoms with Gasteiger partial charge in [0.1, 0.15) is 11.5 Å². The summed E-state index contributed by atoms with van der Waals surface area (Å²) in [6, 6.07) is 3.54. The molecule has 1 saturated heterocycles. The summed E-state index contributed by atoms with van der Waals surface area (Å²) in [7, 11) is 0. The molecule has 7 nitrogen and oxygen atoms in total. The van der Waals surface area contributed by atoms with Gasteiger partial charge in [0.15, 0.2) is 0 Å². The minimum Gasteiger partial charge on any atom is -0.466 e. The molecule has 0 spiro atoms. The number of nitrogens with one attached hydrogen (secondary N) is 1. The van der Waals surface area contributed by atoms with Crippen molar-refractivity contribution in [3.63, 3.8) is 0 Å². The molecule has 1 amide bonds. The third-order valence-corrected chi connectivity index (χ3v) is 3.71. The van der Waals surface area contributed by atoms with Gasteiger partial charge in [-0.1, -0.05) is 0 Å². The van der Waals surface area contributed by atoms with E-state index in [-0.39, 0.29) is 5.91 Å². The van der Waals surface area contributed by atoms with Crippen LogP contribution in [0.2, 0.25) is 0 Å². The van der Waals surface area contributed by atoms with Crippen LogP contribution in [0.25, 0.3) is 0 Å². The van der Waals surface area contributed by atoms with Crippen molar-refractivity contribution in [1.82, 2.24) is 15.3 Å². The first-order chi connectivity index (χ1) is 11.1. The Labute approximate surface area is 134 Å². The number of hydrogen-bond donors (Lipinski definition) is 1. The van der Waals surface area contributed by atoms with Crippen molar-refractivity contribution in [3.8, 4) is 0 Å². The normalized spacial score (nSPS) is 14.8. The topological polar surface area (TPSA) is 80.5 Å². The van der Waals surface area contributed by atoms with Crippen molar-refractivity contribution < 1.29 is 13.9 Å². The Bertz CT molecular complexity index is 692. The third kappa shape index (κ3) is 3.68. The van der Waals surface area contributed by atoms with Gasteiger partial charge in [-0.15, -0.1) is 0 Å². The standard InChI is InChI=1S/C16H20N4O3/c1-11-9-14(12(2)23-11)15(21)18-10-13-3-4-17-16(19-13)20-5-7-22-8-6-20/h3-4,9H,5-8,10H2,1-2H3,(H,18,21). The monoisotopic (exact) mass is 316 g/mol. The van der Waals surface area contributed by atoms with E-state index in [4.69, 9.17) is 9.15 Å². The fourth-order valence-corrected chi connectivity index (χ4v) is 2.52. The van der Waals surface area contributed by atoms with Gasteiger partial charge in [-0.3, -0.25) is 4.79 Å². The quantitative estimate of drug-likeness (QED) is 0.919. The van der Waals surface area contributed by atoms with Crippen LogP contribution in [0.15, 0.2) is 22.7 Å². The molecule has 23 heavy (non-hydrogen) atoms. The van der Waals surface area contributed by atoms with E-state index in [9.17, 15) is 4.79 Å². The molecule has 1 N–H and O–H groups in total. The van der Waals surface area contributed by atoms with E-state index in [0.29, 0.717) is 37.0 Å². The number of anilines is 1. The van der Waals surface area contributed by atoms with Crippen LogP contribution in [0.1, 0.15) is 27.6 Å². The van der Waals surface area contributed by atoms with Crippen LogP contribution in [-0.2, 0) is 11.3 Å². The van der Waals surface area contributed by atoms with Gasteiger partial charge >= 0.3 is 0 Å². The molecule has 122 valence electrons. The number of carbonyl (C=O) groups excluding carboxylic acids is 1. The van der Waals surface area contributed by atoms with Crippen molar-refractivity contribution in [3.05, 3.63) is 41.1 Å². The minimum atomic E-state index is -0.161. The predicted molar refractivity (Wildman–Crippen MR) is 84.4 cm³/mol. The zero-order valence-electron chi connectivity index (χ0n) is 13.3. The van der Waals surface area contributed by atoms with Crippen molar-refractivity contribution in [1.29, 1.82) is 0 Å². The predicted octanol–water partition coefficient (Wildman–Crippen LogP) is 1.45. The molecule has 3 heterocycles. The number of nitrogens with zero attached hydrogens (tertiary/aromatic N) is 3. The number of ether oxygens (including phenoxy) is 1. The van der Waals surface area contributed by atoms with Gasteiger partial charge in [0.2, 0.25) is 5.95 Å². The fourth-order valence-electron chi connectivity index (χ4n) is 2.52. The SMILES string of the molecule is Cc1cc(C(=O)NCc2ccnc(N3CCOCC3)n2)c(C)o1. The Hall–Kier alpha value is -2.41. The van der Waals surface area contributed by atoms with Crippen LogP contribution < -0.4 is 10.2 Å². The van der Waals surface area contributed by atoms with E-state index in [1.165, 1.54) is 0 Å². The lowest BCUT2D eigenvalue weighted by molar-refractivity contribution is 0.0949. The summed E-state index contributed by atoms with van der Waals surface area (Å²) < 4.78 is 10.7. The van der Waals surface area contributed by atoms with Gasteiger partial charge < -0.3 is 19.4 Å². The fraction of sp³-hybridized carbons (Fsp3) is 0.438. The van der Waals surface area contributed by atoms with Crippen molar-refractivity contribution in [2.24, 2.45) is 0 Å². The highest BCUT2D eigenvalue weighted by atomic mass is 16.5. The lowest BCUT2D eigenvalue weighted by atomic mass is 10.2. The van der Waals surface area contributed by atoms with E-state index in [2.05, 4.69) is 20.2 Å². The van der Waals surface area contributed by atoms with Crippen molar-refractivity contribution in [2.75, 3.05) is 31.2 Å². The number of morpholine rings is 1. The van der Waals surface area contributed by atoms with Crippen molar-refractivity contribution >= 4 is 11.9 Å². The molecule has 0 saturated carbocycles. The first-order valence-corrected chi connectivity index (χ1v) is 7.63. The molecule has 3 rings (SSSR count). The van der Waals surface area contributed by atoms with Crippen LogP contribution in [0.3, 0.4) is 0 Å². The molecular weight excluding hydrogens is 296 g/mol. The summed E-state index contributed by atoms with van der Waals surface area (Å²) in [5.74, 6) is 1.86. The maximum absolute atomic E-state index is 12.2. The van der Waals surface area contributed by atoms with Crippen molar-refractivity contribution in [2.45, 2.75) is 20.4 Å². The third-order valence-electron chi connectivity index (χ3n) is 3.71. The summed E-state index contributed by atoms with van der Waals surface area (Å²) >= 11 is 0. The maximum Gasteiger partial charge on any atom is 0.255 e.